The molecule has 0 spiro atoms. The highest BCUT2D eigenvalue weighted by Crippen LogP contribution is 2.34. The number of likely N-dealkylation sites (N-methyl/N-ethyl adjacent to an activating group) is 2. The SMILES string of the molecule is CCCC[N+]1(C)CCN(Cc2cc(C(C)(C)C)cc(C=N[C@@H]3CCCC[C@H]3N=Cc3cc(C(C)(C)C)cc(CN4CC[N+](C)(CCCC)CC4)c3O)c2O)CC1. The van der Waals surface area contributed by atoms with Crippen molar-refractivity contribution in [3.63, 3.8) is 0 Å². The summed E-state index contributed by atoms with van der Waals surface area (Å²) in [5, 5.41) is 23.4. The number of hydrogen-bond acceptors (Lipinski definition) is 6. The van der Waals surface area contributed by atoms with Gasteiger partial charge in [0, 0.05) is 74.0 Å². The van der Waals surface area contributed by atoms with Crippen LogP contribution >= 0.6 is 0 Å². The van der Waals surface area contributed by atoms with Gasteiger partial charge in [-0.2, -0.15) is 0 Å². The molecule has 2 aliphatic heterocycles. The largest absolute Gasteiger partial charge is 0.507 e. The van der Waals surface area contributed by atoms with Crippen molar-refractivity contribution in [1.82, 2.24) is 9.80 Å². The fourth-order valence-electron chi connectivity index (χ4n) is 8.84. The van der Waals surface area contributed by atoms with Gasteiger partial charge in [-0.1, -0.05) is 93.2 Å². The molecule has 2 aromatic carbocycles. The van der Waals surface area contributed by atoms with Crippen molar-refractivity contribution in [2.45, 2.75) is 143 Å². The van der Waals surface area contributed by atoms with Crippen molar-refractivity contribution < 1.29 is 19.2 Å². The van der Waals surface area contributed by atoms with Crippen LogP contribution in [-0.2, 0) is 23.9 Å². The van der Waals surface area contributed by atoms with Gasteiger partial charge in [0.1, 0.15) is 11.5 Å². The maximum Gasteiger partial charge on any atom is 0.128 e. The Morgan fingerprint density at radius 3 is 1.30 bits per heavy atom. The highest BCUT2D eigenvalue weighted by atomic mass is 16.3. The molecular formula is C48H80N6O2+2. The Morgan fingerprint density at radius 2 is 0.982 bits per heavy atom. The monoisotopic (exact) mass is 773 g/mol. The average molecular weight is 773 g/mol. The highest BCUT2D eigenvalue weighted by Gasteiger charge is 2.31. The molecule has 56 heavy (non-hydrogen) atoms. The number of aromatic hydroxyl groups is 2. The Morgan fingerprint density at radius 1 is 0.625 bits per heavy atom. The van der Waals surface area contributed by atoms with Gasteiger partial charge in [0.25, 0.3) is 0 Å². The van der Waals surface area contributed by atoms with E-state index in [2.05, 4.69) is 104 Å². The molecule has 1 saturated carbocycles. The van der Waals surface area contributed by atoms with E-state index in [1.807, 2.05) is 12.4 Å². The van der Waals surface area contributed by atoms with Crippen LogP contribution in [0.3, 0.4) is 0 Å². The van der Waals surface area contributed by atoms with Crippen molar-refractivity contribution >= 4 is 12.4 Å². The lowest BCUT2D eigenvalue weighted by Gasteiger charge is -2.42. The van der Waals surface area contributed by atoms with E-state index in [9.17, 15) is 10.2 Å². The molecule has 1 aliphatic carbocycles. The van der Waals surface area contributed by atoms with Gasteiger partial charge in [0.2, 0.25) is 0 Å². The van der Waals surface area contributed by atoms with Gasteiger partial charge in [-0.05, 0) is 59.8 Å². The molecule has 0 amide bonds. The smallest absolute Gasteiger partial charge is 0.128 e. The van der Waals surface area contributed by atoms with Crippen molar-refractivity contribution in [3.8, 4) is 11.5 Å². The van der Waals surface area contributed by atoms with Crippen molar-refractivity contribution in [1.29, 1.82) is 0 Å². The van der Waals surface area contributed by atoms with Gasteiger partial charge in [-0.25, -0.2) is 0 Å². The molecule has 0 unspecified atom stereocenters. The minimum atomic E-state index is -0.0505. The van der Waals surface area contributed by atoms with E-state index in [0.717, 1.165) is 122 Å². The fraction of sp³-hybridized carbons (Fsp3) is 0.708. The van der Waals surface area contributed by atoms with Gasteiger partial charge in [-0.15, -0.1) is 0 Å². The zero-order valence-electron chi connectivity index (χ0n) is 37.3. The first-order chi connectivity index (χ1) is 26.4. The van der Waals surface area contributed by atoms with Crippen LogP contribution in [0.1, 0.15) is 140 Å². The Bertz CT molecular complexity index is 1510. The topological polar surface area (TPSA) is 71.7 Å². The van der Waals surface area contributed by atoms with Crippen LogP contribution in [0.25, 0.3) is 0 Å². The molecular weight excluding hydrogens is 693 g/mol. The Balaban J connectivity index is 1.34. The lowest BCUT2D eigenvalue weighted by molar-refractivity contribution is -0.914. The van der Waals surface area contributed by atoms with Crippen molar-refractivity contribution in [2.75, 3.05) is 79.5 Å². The van der Waals surface area contributed by atoms with Gasteiger partial charge in [-0.3, -0.25) is 19.8 Å². The Hall–Kier alpha value is -2.78. The van der Waals surface area contributed by atoms with Crippen LogP contribution in [0.2, 0.25) is 0 Å². The van der Waals surface area contributed by atoms with Crippen LogP contribution in [-0.4, -0.2) is 133 Å². The van der Waals surface area contributed by atoms with E-state index in [1.54, 1.807) is 0 Å². The zero-order valence-corrected chi connectivity index (χ0v) is 37.3. The number of hydrogen-bond donors (Lipinski definition) is 2. The number of nitrogens with zero attached hydrogens (tertiary/aromatic N) is 6. The number of phenolic OH excluding ortho intramolecular Hbond substituents is 2. The number of phenols is 2. The molecule has 5 rings (SSSR count). The summed E-state index contributed by atoms with van der Waals surface area (Å²) in [4.78, 5) is 15.4. The minimum absolute atomic E-state index is 0.0303. The maximum atomic E-state index is 11.7. The minimum Gasteiger partial charge on any atom is -0.507 e. The molecule has 2 heterocycles. The molecule has 0 radical (unpaired) electrons. The molecule has 3 aliphatic rings. The Kier molecular flexibility index (Phi) is 14.9. The van der Waals surface area contributed by atoms with Crippen LogP contribution in [0.15, 0.2) is 34.3 Å². The number of aliphatic imine (C=N–C) groups is 2. The molecule has 312 valence electrons. The summed E-state index contributed by atoms with van der Waals surface area (Å²) in [6.07, 6.45) is 13.1. The van der Waals surface area contributed by atoms with Gasteiger partial charge in [0.05, 0.1) is 65.4 Å². The number of unbranched alkanes of at least 4 members (excludes halogenated alkanes) is 2. The first-order valence-electron chi connectivity index (χ1n) is 22.3. The molecule has 3 fully saturated rings. The molecule has 2 N–H and O–H groups in total. The summed E-state index contributed by atoms with van der Waals surface area (Å²) in [6, 6.07) is 8.79. The number of rotatable bonds is 14. The first kappa shape index (κ1) is 44.3. The molecule has 2 saturated heterocycles. The van der Waals surface area contributed by atoms with E-state index >= 15 is 0 Å². The molecule has 2 aromatic rings. The van der Waals surface area contributed by atoms with Crippen LogP contribution in [0.5, 0.6) is 11.5 Å². The summed E-state index contributed by atoms with van der Waals surface area (Å²) in [5.41, 5.74) is 5.97. The lowest BCUT2D eigenvalue weighted by atomic mass is 9.84. The summed E-state index contributed by atoms with van der Waals surface area (Å²) in [5.74, 6) is 0.724. The van der Waals surface area contributed by atoms with E-state index in [4.69, 9.17) is 9.98 Å². The van der Waals surface area contributed by atoms with E-state index in [1.165, 1.54) is 49.9 Å². The van der Waals surface area contributed by atoms with E-state index in [0.29, 0.717) is 11.5 Å². The normalized spacial score (nSPS) is 22.7. The number of quaternary nitrogens is 2. The standard InChI is InChI=1S/C48H78N6O2/c1-11-13-23-53(9)25-19-51(20-26-53)35-39-31-41(47(3,4)5)29-37(45(39)55)33-49-43-17-15-16-18-44(43)50-34-38-30-42(48(6,7)8)32-40(46(38)56)36-52-21-27-54(10,28-22-52)24-14-12-2/h29-34,43-44H,11-28,35-36H2,1-10H3/p+2/t43-,44-/m1/s1. The third kappa shape index (κ3) is 11.9. The first-order valence-corrected chi connectivity index (χ1v) is 22.3. The summed E-state index contributed by atoms with van der Waals surface area (Å²) in [7, 11) is 4.81. The summed E-state index contributed by atoms with van der Waals surface area (Å²) in [6.45, 7) is 30.9. The fourth-order valence-corrected chi connectivity index (χ4v) is 8.84. The van der Waals surface area contributed by atoms with Gasteiger partial charge < -0.3 is 19.2 Å². The van der Waals surface area contributed by atoms with Crippen LogP contribution in [0.4, 0.5) is 0 Å². The van der Waals surface area contributed by atoms with Crippen LogP contribution < -0.4 is 0 Å². The van der Waals surface area contributed by atoms with E-state index < -0.39 is 0 Å². The van der Waals surface area contributed by atoms with Crippen LogP contribution in [0, 0.1) is 0 Å². The Labute approximate surface area is 341 Å². The predicted octanol–water partition coefficient (Wildman–Crippen LogP) is 8.67. The third-order valence-electron chi connectivity index (χ3n) is 13.4. The second-order valence-electron chi connectivity index (χ2n) is 20.5. The van der Waals surface area contributed by atoms with Crippen molar-refractivity contribution in [3.05, 3.63) is 57.6 Å². The van der Waals surface area contributed by atoms with Crippen molar-refractivity contribution in [2.24, 2.45) is 9.98 Å². The molecule has 2 atom stereocenters. The lowest BCUT2D eigenvalue weighted by Crippen LogP contribution is -2.57. The predicted molar refractivity (Wildman–Crippen MR) is 237 cm³/mol. The number of benzene rings is 2. The zero-order chi connectivity index (χ0) is 40.7. The second kappa shape index (κ2) is 18.9. The third-order valence-corrected chi connectivity index (χ3v) is 13.4. The number of piperazine rings is 2. The quantitative estimate of drug-likeness (QED) is 0.149. The maximum absolute atomic E-state index is 11.7. The molecule has 0 aromatic heterocycles. The second-order valence-corrected chi connectivity index (χ2v) is 20.5. The van der Waals surface area contributed by atoms with E-state index in [-0.39, 0.29) is 22.9 Å². The molecule has 8 nitrogen and oxygen atoms in total. The molecule has 8 heteroatoms. The highest BCUT2D eigenvalue weighted by molar-refractivity contribution is 5.86. The summed E-state index contributed by atoms with van der Waals surface area (Å²) >= 11 is 0. The van der Waals surface area contributed by atoms with Gasteiger partial charge in [0.15, 0.2) is 0 Å². The average Bonchev–Trinajstić information content (AvgIpc) is 3.15. The molecule has 0 bridgehead atoms. The summed E-state index contributed by atoms with van der Waals surface area (Å²) < 4.78 is 2.31. The van der Waals surface area contributed by atoms with Gasteiger partial charge >= 0.3 is 0 Å².